The van der Waals surface area contributed by atoms with Gasteiger partial charge in [0.05, 0.1) is 18.3 Å². The molecule has 2 heterocycles. The molecule has 0 radical (unpaired) electrons. The standard InChI is InChI=1S/C10H10N4/c1-2-5-11-7-9-8-13-14-10(9)4-3-6-12-14/h1,3-4,6,8,11H,5,7H2. The van der Waals surface area contributed by atoms with Crippen molar-refractivity contribution >= 4 is 5.52 Å². The summed E-state index contributed by atoms with van der Waals surface area (Å²) in [5.74, 6) is 2.52. The molecule has 4 nitrogen and oxygen atoms in total. The Morgan fingerprint density at radius 3 is 3.29 bits per heavy atom. The Balaban J connectivity index is 2.22. The normalized spacial score (nSPS) is 10.2. The van der Waals surface area contributed by atoms with Gasteiger partial charge >= 0.3 is 0 Å². The van der Waals surface area contributed by atoms with Crippen molar-refractivity contribution in [2.75, 3.05) is 6.54 Å². The fourth-order valence-corrected chi connectivity index (χ4v) is 1.29. The van der Waals surface area contributed by atoms with Gasteiger partial charge in [-0.25, -0.2) is 0 Å². The third-order valence-corrected chi connectivity index (χ3v) is 1.93. The van der Waals surface area contributed by atoms with E-state index >= 15 is 0 Å². The van der Waals surface area contributed by atoms with Gasteiger partial charge < -0.3 is 5.32 Å². The smallest absolute Gasteiger partial charge is 0.0918 e. The number of hydrogen-bond donors (Lipinski definition) is 1. The van der Waals surface area contributed by atoms with Crippen LogP contribution < -0.4 is 5.32 Å². The highest BCUT2D eigenvalue weighted by Crippen LogP contribution is 2.07. The third-order valence-electron chi connectivity index (χ3n) is 1.93. The van der Waals surface area contributed by atoms with Crippen LogP contribution in [0.4, 0.5) is 0 Å². The van der Waals surface area contributed by atoms with Gasteiger partial charge in [0, 0.05) is 18.3 Å². The molecule has 0 aromatic carbocycles. The van der Waals surface area contributed by atoms with E-state index in [4.69, 9.17) is 6.42 Å². The highest BCUT2D eigenvalue weighted by Gasteiger charge is 2.01. The van der Waals surface area contributed by atoms with Crippen molar-refractivity contribution in [2.24, 2.45) is 0 Å². The Morgan fingerprint density at radius 1 is 1.50 bits per heavy atom. The van der Waals surface area contributed by atoms with E-state index in [0.717, 1.165) is 17.6 Å². The van der Waals surface area contributed by atoms with Crippen molar-refractivity contribution in [3.63, 3.8) is 0 Å². The van der Waals surface area contributed by atoms with E-state index < -0.39 is 0 Å². The molecule has 0 spiro atoms. The second-order valence-corrected chi connectivity index (χ2v) is 2.88. The maximum atomic E-state index is 5.13. The van der Waals surface area contributed by atoms with Crippen LogP contribution in [0.1, 0.15) is 5.56 Å². The van der Waals surface area contributed by atoms with Gasteiger partial charge in [0.2, 0.25) is 0 Å². The van der Waals surface area contributed by atoms with E-state index in [-0.39, 0.29) is 0 Å². The highest BCUT2D eigenvalue weighted by atomic mass is 15.4. The van der Waals surface area contributed by atoms with Crippen molar-refractivity contribution in [1.82, 2.24) is 20.1 Å². The van der Waals surface area contributed by atoms with Crippen LogP contribution in [-0.2, 0) is 6.54 Å². The van der Waals surface area contributed by atoms with Crippen LogP contribution in [0.3, 0.4) is 0 Å². The first-order chi connectivity index (χ1) is 6.92. The summed E-state index contributed by atoms with van der Waals surface area (Å²) in [5.41, 5.74) is 2.12. The molecule has 0 fully saturated rings. The molecule has 0 atom stereocenters. The number of rotatable bonds is 3. The molecular weight excluding hydrogens is 176 g/mol. The zero-order chi connectivity index (χ0) is 9.80. The van der Waals surface area contributed by atoms with Gasteiger partial charge in [0.15, 0.2) is 0 Å². The van der Waals surface area contributed by atoms with Crippen LogP contribution in [0.25, 0.3) is 5.52 Å². The molecule has 0 amide bonds. The van der Waals surface area contributed by atoms with E-state index in [1.807, 2.05) is 12.1 Å². The molecule has 0 aliphatic carbocycles. The molecule has 0 aliphatic rings. The molecule has 0 saturated carbocycles. The molecule has 0 saturated heterocycles. The molecule has 2 aromatic rings. The van der Waals surface area contributed by atoms with Crippen LogP contribution in [0.2, 0.25) is 0 Å². The predicted octanol–water partition coefficient (Wildman–Crippen LogP) is 0.452. The SMILES string of the molecule is C#CCNCc1cnn2ncccc12. The zero-order valence-electron chi connectivity index (χ0n) is 7.64. The molecule has 14 heavy (non-hydrogen) atoms. The minimum Gasteiger partial charge on any atom is -0.302 e. The summed E-state index contributed by atoms with van der Waals surface area (Å²) >= 11 is 0. The van der Waals surface area contributed by atoms with Crippen LogP contribution >= 0.6 is 0 Å². The third kappa shape index (κ3) is 1.58. The second kappa shape index (κ2) is 3.90. The van der Waals surface area contributed by atoms with Crippen molar-refractivity contribution in [2.45, 2.75) is 6.54 Å². The Hall–Kier alpha value is -1.86. The van der Waals surface area contributed by atoms with E-state index in [2.05, 4.69) is 21.4 Å². The van der Waals surface area contributed by atoms with Crippen molar-refractivity contribution in [1.29, 1.82) is 0 Å². The van der Waals surface area contributed by atoms with Crippen LogP contribution in [0.5, 0.6) is 0 Å². The lowest BCUT2D eigenvalue weighted by molar-refractivity contribution is 0.774. The van der Waals surface area contributed by atoms with Crippen LogP contribution in [0.15, 0.2) is 24.5 Å². The first-order valence-electron chi connectivity index (χ1n) is 4.34. The lowest BCUT2D eigenvalue weighted by atomic mass is 10.3. The van der Waals surface area contributed by atoms with Gasteiger partial charge in [-0.2, -0.15) is 14.8 Å². The Kier molecular flexibility index (Phi) is 2.43. The predicted molar refractivity (Wildman–Crippen MR) is 53.5 cm³/mol. The summed E-state index contributed by atoms with van der Waals surface area (Å²) in [4.78, 5) is 0. The van der Waals surface area contributed by atoms with Crippen molar-refractivity contribution in [3.05, 3.63) is 30.1 Å². The van der Waals surface area contributed by atoms with Gasteiger partial charge in [0.1, 0.15) is 0 Å². The lowest BCUT2D eigenvalue weighted by Gasteiger charge is -1.97. The largest absolute Gasteiger partial charge is 0.302 e. The lowest BCUT2D eigenvalue weighted by Crippen LogP contribution is -2.12. The van der Waals surface area contributed by atoms with Gasteiger partial charge in [-0.1, -0.05) is 5.92 Å². The second-order valence-electron chi connectivity index (χ2n) is 2.88. The van der Waals surface area contributed by atoms with Crippen molar-refractivity contribution in [3.8, 4) is 12.3 Å². The average Bonchev–Trinajstić information content (AvgIpc) is 2.63. The van der Waals surface area contributed by atoms with Crippen molar-refractivity contribution < 1.29 is 0 Å². The summed E-state index contributed by atoms with van der Waals surface area (Å²) in [5, 5.41) is 11.3. The van der Waals surface area contributed by atoms with Gasteiger partial charge in [-0.15, -0.1) is 6.42 Å². The molecule has 2 rings (SSSR count). The van der Waals surface area contributed by atoms with E-state index in [9.17, 15) is 0 Å². The number of nitrogens with zero attached hydrogens (tertiary/aromatic N) is 3. The Morgan fingerprint density at radius 2 is 2.43 bits per heavy atom. The topological polar surface area (TPSA) is 42.2 Å². The summed E-state index contributed by atoms with van der Waals surface area (Å²) in [6.45, 7) is 1.29. The molecule has 0 aliphatic heterocycles. The fraction of sp³-hybridized carbons (Fsp3) is 0.200. The monoisotopic (exact) mass is 186 g/mol. The molecule has 2 aromatic heterocycles. The number of fused-ring (bicyclic) bond motifs is 1. The molecule has 1 N–H and O–H groups in total. The van der Waals surface area contributed by atoms with E-state index in [1.165, 1.54) is 0 Å². The van der Waals surface area contributed by atoms with Crippen LogP contribution in [-0.4, -0.2) is 21.4 Å². The molecular formula is C10H10N4. The maximum Gasteiger partial charge on any atom is 0.0918 e. The maximum absolute atomic E-state index is 5.13. The summed E-state index contributed by atoms with van der Waals surface area (Å²) in [6.07, 6.45) is 8.64. The van der Waals surface area contributed by atoms with E-state index in [0.29, 0.717) is 6.54 Å². The molecule has 0 bridgehead atoms. The molecule has 70 valence electrons. The van der Waals surface area contributed by atoms with Gasteiger partial charge in [-0.3, -0.25) is 0 Å². The highest BCUT2D eigenvalue weighted by molar-refractivity contribution is 5.51. The number of terminal acetylenes is 1. The number of hydrogen-bond acceptors (Lipinski definition) is 3. The number of aromatic nitrogens is 3. The van der Waals surface area contributed by atoms with Gasteiger partial charge in [-0.05, 0) is 12.1 Å². The van der Waals surface area contributed by atoms with Crippen LogP contribution in [0, 0.1) is 12.3 Å². The summed E-state index contributed by atoms with van der Waals surface area (Å²) in [7, 11) is 0. The first-order valence-corrected chi connectivity index (χ1v) is 4.34. The summed E-state index contributed by atoms with van der Waals surface area (Å²) < 4.78 is 1.60. The number of nitrogens with one attached hydrogen (secondary N) is 1. The zero-order valence-corrected chi connectivity index (χ0v) is 7.64. The first kappa shape index (κ1) is 8.73. The minimum atomic E-state index is 0.567. The average molecular weight is 186 g/mol. The van der Waals surface area contributed by atoms with E-state index in [1.54, 1.807) is 17.0 Å². The molecule has 4 heteroatoms. The molecule has 0 unspecified atom stereocenters. The Bertz CT molecular complexity index is 466. The minimum absolute atomic E-state index is 0.567. The quantitative estimate of drug-likeness (QED) is 0.559. The Labute approximate surface area is 81.9 Å². The summed E-state index contributed by atoms with van der Waals surface area (Å²) in [6, 6.07) is 3.87. The fourth-order valence-electron chi connectivity index (χ4n) is 1.29. The van der Waals surface area contributed by atoms with Gasteiger partial charge in [0.25, 0.3) is 0 Å².